The van der Waals surface area contributed by atoms with Crippen molar-refractivity contribution in [3.63, 3.8) is 0 Å². The molecule has 8 heteroatoms. The maximum absolute atomic E-state index is 12.5. The van der Waals surface area contributed by atoms with Crippen LogP contribution in [0.1, 0.15) is 27.9 Å². The summed E-state index contributed by atoms with van der Waals surface area (Å²) in [6.07, 6.45) is 1.83. The highest BCUT2D eigenvalue weighted by Crippen LogP contribution is 2.23. The summed E-state index contributed by atoms with van der Waals surface area (Å²) in [4.78, 5) is 9.78. The number of alkyl halides is 2. The molecule has 0 saturated heterocycles. The fourth-order valence-corrected chi connectivity index (χ4v) is 2.94. The fraction of sp³-hybridized carbons (Fsp3) is 0.412. The van der Waals surface area contributed by atoms with Crippen LogP contribution >= 0.6 is 11.3 Å². The number of nitrogens with one attached hydrogen (secondary N) is 2. The SMILES string of the molecule is CCNC(=NCc1cc(C)ccc1OC(F)F)NCc1cnc(C)s1. The van der Waals surface area contributed by atoms with Crippen LogP contribution in [0.2, 0.25) is 0 Å². The Hall–Kier alpha value is -2.22. The fourth-order valence-electron chi connectivity index (χ4n) is 2.21. The van der Waals surface area contributed by atoms with Crippen LogP contribution in [0, 0.1) is 13.8 Å². The molecule has 136 valence electrons. The zero-order valence-corrected chi connectivity index (χ0v) is 15.3. The van der Waals surface area contributed by atoms with Crippen LogP contribution in [0.5, 0.6) is 5.75 Å². The molecule has 0 saturated carbocycles. The van der Waals surface area contributed by atoms with Gasteiger partial charge in [0.1, 0.15) is 5.75 Å². The van der Waals surface area contributed by atoms with Crippen LogP contribution in [-0.2, 0) is 13.1 Å². The molecular weight excluding hydrogens is 346 g/mol. The zero-order valence-electron chi connectivity index (χ0n) is 14.5. The van der Waals surface area contributed by atoms with E-state index in [1.807, 2.05) is 27.0 Å². The number of aryl methyl sites for hydroxylation is 2. The maximum Gasteiger partial charge on any atom is 0.387 e. The van der Waals surface area contributed by atoms with Crippen molar-refractivity contribution >= 4 is 17.3 Å². The number of thiazole rings is 1. The molecule has 0 aliphatic carbocycles. The molecule has 25 heavy (non-hydrogen) atoms. The van der Waals surface area contributed by atoms with Gasteiger partial charge in [-0.05, 0) is 26.8 Å². The van der Waals surface area contributed by atoms with Crippen LogP contribution in [0.4, 0.5) is 8.78 Å². The Kier molecular flexibility index (Phi) is 7.12. The molecule has 1 aromatic heterocycles. The van der Waals surface area contributed by atoms with Gasteiger partial charge < -0.3 is 15.4 Å². The van der Waals surface area contributed by atoms with Gasteiger partial charge in [-0.2, -0.15) is 8.78 Å². The summed E-state index contributed by atoms with van der Waals surface area (Å²) in [5.74, 6) is 0.760. The number of guanidine groups is 1. The first-order valence-electron chi connectivity index (χ1n) is 7.95. The molecule has 0 atom stereocenters. The third kappa shape index (κ3) is 6.30. The van der Waals surface area contributed by atoms with Gasteiger partial charge in [0.05, 0.1) is 18.1 Å². The number of rotatable bonds is 7. The highest BCUT2D eigenvalue weighted by molar-refractivity contribution is 7.11. The molecule has 0 aliphatic heterocycles. The summed E-state index contributed by atoms with van der Waals surface area (Å²) in [6.45, 7) is 4.50. The summed E-state index contributed by atoms with van der Waals surface area (Å²) in [5.41, 5.74) is 1.58. The molecule has 0 aliphatic rings. The molecular formula is C17H22F2N4OS. The first-order chi connectivity index (χ1) is 12.0. The lowest BCUT2D eigenvalue weighted by molar-refractivity contribution is -0.0504. The number of ether oxygens (including phenoxy) is 1. The number of aliphatic imine (C=N–C) groups is 1. The van der Waals surface area contributed by atoms with Crippen molar-refractivity contribution in [1.82, 2.24) is 15.6 Å². The van der Waals surface area contributed by atoms with Gasteiger partial charge in [-0.3, -0.25) is 0 Å². The lowest BCUT2D eigenvalue weighted by Crippen LogP contribution is -2.36. The Morgan fingerprint density at radius 3 is 2.76 bits per heavy atom. The Bertz CT molecular complexity index is 718. The maximum atomic E-state index is 12.5. The first-order valence-corrected chi connectivity index (χ1v) is 8.77. The zero-order chi connectivity index (χ0) is 18.2. The molecule has 2 aromatic rings. The Labute approximate surface area is 150 Å². The van der Waals surface area contributed by atoms with Crippen molar-refractivity contribution in [2.24, 2.45) is 4.99 Å². The highest BCUT2D eigenvalue weighted by Gasteiger charge is 2.10. The van der Waals surface area contributed by atoms with E-state index in [1.165, 1.54) is 0 Å². The van der Waals surface area contributed by atoms with E-state index in [9.17, 15) is 8.78 Å². The topological polar surface area (TPSA) is 58.5 Å². The smallest absolute Gasteiger partial charge is 0.387 e. The van der Waals surface area contributed by atoms with E-state index in [4.69, 9.17) is 0 Å². The van der Waals surface area contributed by atoms with Crippen LogP contribution in [-0.4, -0.2) is 24.1 Å². The van der Waals surface area contributed by atoms with E-state index in [2.05, 4.69) is 25.3 Å². The van der Waals surface area contributed by atoms with Crippen LogP contribution in [0.25, 0.3) is 0 Å². The van der Waals surface area contributed by atoms with E-state index < -0.39 is 6.61 Å². The third-order valence-electron chi connectivity index (χ3n) is 3.28. The number of benzene rings is 1. The Balaban J connectivity index is 2.08. The second kappa shape index (κ2) is 9.31. The second-order valence-electron chi connectivity index (χ2n) is 5.38. The van der Waals surface area contributed by atoms with Gasteiger partial charge in [0.15, 0.2) is 5.96 Å². The van der Waals surface area contributed by atoms with Gasteiger partial charge in [0.2, 0.25) is 0 Å². The lowest BCUT2D eigenvalue weighted by atomic mass is 10.1. The second-order valence-corrected chi connectivity index (χ2v) is 6.70. The minimum Gasteiger partial charge on any atom is -0.434 e. The Morgan fingerprint density at radius 1 is 1.32 bits per heavy atom. The molecule has 2 rings (SSSR count). The number of hydrogen-bond acceptors (Lipinski definition) is 4. The molecule has 1 aromatic carbocycles. The number of aromatic nitrogens is 1. The lowest BCUT2D eigenvalue weighted by Gasteiger charge is -2.13. The number of halogens is 2. The molecule has 0 spiro atoms. The highest BCUT2D eigenvalue weighted by atomic mass is 32.1. The molecule has 0 amide bonds. The van der Waals surface area contributed by atoms with Crippen LogP contribution < -0.4 is 15.4 Å². The molecule has 5 nitrogen and oxygen atoms in total. The summed E-state index contributed by atoms with van der Waals surface area (Å²) < 4.78 is 29.7. The number of hydrogen-bond donors (Lipinski definition) is 2. The monoisotopic (exact) mass is 368 g/mol. The normalized spacial score (nSPS) is 11.7. The molecule has 1 heterocycles. The largest absolute Gasteiger partial charge is 0.434 e. The third-order valence-corrected chi connectivity index (χ3v) is 4.20. The van der Waals surface area contributed by atoms with Crippen molar-refractivity contribution in [3.8, 4) is 5.75 Å². The van der Waals surface area contributed by atoms with Gasteiger partial charge in [-0.15, -0.1) is 11.3 Å². The predicted octanol–water partition coefficient (Wildman–Crippen LogP) is 3.62. The van der Waals surface area contributed by atoms with Crippen molar-refractivity contribution in [1.29, 1.82) is 0 Å². The molecule has 0 bridgehead atoms. The van der Waals surface area contributed by atoms with E-state index in [0.717, 1.165) is 15.4 Å². The molecule has 0 fully saturated rings. The van der Waals surface area contributed by atoms with Gasteiger partial charge in [0.25, 0.3) is 0 Å². The van der Waals surface area contributed by atoms with Crippen molar-refractivity contribution in [3.05, 3.63) is 45.4 Å². The summed E-state index contributed by atoms with van der Waals surface area (Å²) >= 11 is 1.61. The van der Waals surface area contributed by atoms with Crippen molar-refractivity contribution in [2.45, 2.75) is 40.5 Å². The van der Waals surface area contributed by atoms with E-state index in [1.54, 1.807) is 29.5 Å². The van der Waals surface area contributed by atoms with Gasteiger partial charge >= 0.3 is 6.61 Å². The summed E-state index contributed by atoms with van der Waals surface area (Å²) in [7, 11) is 0. The summed E-state index contributed by atoms with van der Waals surface area (Å²) in [6, 6.07) is 5.09. The van der Waals surface area contributed by atoms with Gasteiger partial charge in [0, 0.05) is 23.2 Å². The van der Waals surface area contributed by atoms with Gasteiger partial charge in [-0.25, -0.2) is 9.98 Å². The average molecular weight is 368 g/mol. The van der Waals surface area contributed by atoms with E-state index >= 15 is 0 Å². The molecule has 0 unspecified atom stereocenters. The van der Waals surface area contributed by atoms with Crippen LogP contribution in [0.15, 0.2) is 29.4 Å². The minimum absolute atomic E-state index is 0.151. The first kappa shape index (κ1) is 19.1. The van der Waals surface area contributed by atoms with E-state index in [0.29, 0.717) is 24.6 Å². The Morgan fingerprint density at radius 2 is 2.12 bits per heavy atom. The average Bonchev–Trinajstić information content (AvgIpc) is 2.97. The van der Waals surface area contributed by atoms with Crippen molar-refractivity contribution in [2.75, 3.05) is 6.54 Å². The number of nitrogens with zero attached hydrogens (tertiary/aromatic N) is 2. The minimum atomic E-state index is -2.86. The summed E-state index contributed by atoms with van der Waals surface area (Å²) in [5, 5.41) is 7.36. The van der Waals surface area contributed by atoms with Crippen LogP contribution in [0.3, 0.4) is 0 Å². The quantitative estimate of drug-likeness (QED) is 0.579. The van der Waals surface area contributed by atoms with E-state index in [-0.39, 0.29) is 12.3 Å². The molecule has 0 radical (unpaired) electrons. The predicted molar refractivity (Wildman–Crippen MR) is 96.3 cm³/mol. The van der Waals surface area contributed by atoms with Crippen molar-refractivity contribution < 1.29 is 13.5 Å². The van der Waals surface area contributed by atoms with Gasteiger partial charge in [-0.1, -0.05) is 17.7 Å². The molecule has 2 N–H and O–H groups in total. The standard InChI is InChI=1S/C17H22F2N4OS/c1-4-20-17(23-10-14-9-21-12(3)25-14)22-8-13-7-11(2)5-6-15(13)24-16(18)19/h5-7,9,16H,4,8,10H2,1-3H3,(H2,20,22,23).